The molecular weight excluding hydrogens is 298 g/mol. The molecule has 84 valence electrons. The zero-order valence-corrected chi connectivity index (χ0v) is 11.1. The van der Waals surface area contributed by atoms with Gasteiger partial charge in [0.25, 0.3) is 0 Å². The highest BCUT2D eigenvalue weighted by Gasteiger charge is 2.06. The summed E-state index contributed by atoms with van der Waals surface area (Å²) in [6, 6.07) is 13.2. The molecule has 17 heavy (non-hydrogen) atoms. The number of halogens is 1. The maximum absolute atomic E-state index is 9.46. The maximum atomic E-state index is 9.46. The van der Waals surface area contributed by atoms with Crippen LogP contribution in [0.15, 0.2) is 46.9 Å². The van der Waals surface area contributed by atoms with Gasteiger partial charge in [-0.3, -0.25) is 0 Å². The van der Waals surface area contributed by atoms with Gasteiger partial charge >= 0.3 is 0 Å². The van der Waals surface area contributed by atoms with E-state index in [1.807, 2.05) is 30.3 Å². The smallest absolute Gasteiger partial charge is 0.124 e. The normalized spacial score (nSPS) is 10.9. The molecule has 0 radical (unpaired) electrons. The summed E-state index contributed by atoms with van der Waals surface area (Å²) in [5.74, 6) is 0.267. The summed E-state index contributed by atoms with van der Waals surface area (Å²) < 4.78 is 2.17. The fourth-order valence-electron chi connectivity index (χ4n) is 1.66. The first-order valence-corrected chi connectivity index (χ1v) is 6.69. The highest BCUT2D eigenvalue weighted by Crippen LogP contribution is 2.32. The summed E-state index contributed by atoms with van der Waals surface area (Å²) >= 11 is 5.06. The average molecular weight is 306 g/mol. The molecule has 3 aromatic rings. The van der Waals surface area contributed by atoms with Crippen LogP contribution in [0.25, 0.3) is 20.8 Å². The Labute approximate surface area is 111 Å². The largest absolute Gasteiger partial charge is 0.508 e. The van der Waals surface area contributed by atoms with Crippen LogP contribution < -0.4 is 0 Å². The minimum absolute atomic E-state index is 0.267. The van der Waals surface area contributed by atoms with Crippen LogP contribution in [-0.4, -0.2) is 10.1 Å². The molecule has 1 heterocycles. The van der Waals surface area contributed by atoms with E-state index in [-0.39, 0.29) is 5.75 Å². The second-order valence-corrected chi connectivity index (χ2v) is 5.63. The Bertz CT molecular complexity index is 693. The van der Waals surface area contributed by atoms with Gasteiger partial charge in [-0.25, -0.2) is 4.98 Å². The summed E-state index contributed by atoms with van der Waals surface area (Å²) in [7, 11) is 0. The average Bonchev–Trinajstić information content (AvgIpc) is 2.72. The fourth-order valence-corrected chi connectivity index (χ4v) is 2.95. The number of rotatable bonds is 1. The summed E-state index contributed by atoms with van der Waals surface area (Å²) in [4.78, 5) is 4.56. The summed E-state index contributed by atoms with van der Waals surface area (Å²) in [5, 5.41) is 10.4. The number of nitrogens with zero attached hydrogens (tertiary/aromatic N) is 1. The van der Waals surface area contributed by atoms with Gasteiger partial charge in [-0.2, -0.15) is 0 Å². The first-order valence-electron chi connectivity index (χ1n) is 5.08. The molecule has 0 fully saturated rings. The molecule has 2 nitrogen and oxygen atoms in total. The van der Waals surface area contributed by atoms with E-state index >= 15 is 0 Å². The molecule has 0 saturated carbocycles. The highest BCUT2D eigenvalue weighted by molar-refractivity contribution is 9.10. The minimum atomic E-state index is 0.267. The second kappa shape index (κ2) is 4.13. The number of benzene rings is 2. The van der Waals surface area contributed by atoms with Crippen LogP contribution in [0.4, 0.5) is 0 Å². The van der Waals surface area contributed by atoms with Crippen molar-refractivity contribution in [2.45, 2.75) is 0 Å². The van der Waals surface area contributed by atoms with E-state index in [2.05, 4.69) is 20.9 Å². The Morgan fingerprint density at radius 2 is 2.00 bits per heavy atom. The fraction of sp³-hybridized carbons (Fsp3) is 0. The van der Waals surface area contributed by atoms with Crippen LogP contribution in [0.2, 0.25) is 0 Å². The van der Waals surface area contributed by atoms with Crippen molar-refractivity contribution in [3.8, 4) is 16.3 Å². The molecule has 1 N–H and O–H groups in total. The van der Waals surface area contributed by atoms with E-state index in [4.69, 9.17) is 0 Å². The maximum Gasteiger partial charge on any atom is 0.124 e. The van der Waals surface area contributed by atoms with Crippen molar-refractivity contribution in [3.05, 3.63) is 46.9 Å². The Balaban J connectivity index is 2.18. The third-order valence-electron chi connectivity index (χ3n) is 2.44. The third-order valence-corrected chi connectivity index (χ3v) is 4.02. The molecule has 0 unspecified atom stereocenters. The standard InChI is InChI=1S/C13H8BrNOS/c14-9-4-5-12-11(7-9)15-13(17-12)8-2-1-3-10(16)6-8/h1-7,16H. The molecule has 0 amide bonds. The SMILES string of the molecule is Oc1cccc(-c2nc3cc(Br)ccc3s2)c1. The topological polar surface area (TPSA) is 33.1 Å². The van der Waals surface area contributed by atoms with Crippen molar-refractivity contribution in [1.82, 2.24) is 4.98 Å². The van der Waals surface area contributed by atoms with E-state index in [1.165, 1.54) is 0 Å². The van der Waals surface area contributed by atoms with Gasteiger partial charge in [0.05, 0.1) is 10.2 Å². The first-order chi connectivity index (χ1) is 8.22. The van der Waals surface area contributed by atoms with Crippen molar-refractivity contribution in [1.29, 1.82) is 0 Å². The molecule has 0 spiro atoms. The Kier molecular flexibility index (Phi) is 2.61. The van der Waals surface area contributed by atoms with Crippen LogP contribution in [0.3, 0.4) is 0 Å². The molecule has 0 aliphatic rings. The highest BCUT2D eigenvalue weighted by atomic mass is 79.9. The van der Waals surface area contributed by atoms with Crippen molar-refractivity contribution < 1.29 is 5.11 Å². The predicted molar refractivity (Wildman–Crippen MR) is 74.4 cm³/mol. The number of phenols is 1. The number of fused-ring (bicyclic) bond motifs is 1. The number of aromatic hydroxyl groups is 1. The van der Waals surface area contributed by atoms with Crippen LogP contribution in [-0.2, 0) is 0 Å². The molecule has 0 aliphatic heterocycles. The molecular formula is C13H8BrNOS. The second-order valence-electron chi connectivity index (χ2n) is 3.68. The van der Waals surface area contributed by atoms with E-state index in [9.17, 15) is 5.11 Å². The lowest BCUT2D eigenvalue weighted by Crippen LogP contribution is -1.75. The molecule has 4 heteroatoms. The lowest BCUT2D eigenvalue weighted by Gasteiger charge is -1.95. The monoisotopic (exact) mass is 305 g/mol. The summed E-state index contributed by atoms with van der Waals surface area (Å²) in [6.45, 7) is 0. The molecule has 0 saturated heterocycles. The molecule has 1 aromatic heterocycles. The van der Waals surface area contributed by atoms with Gasteiger partial charge in [0, 0.05) is 10.0 Å². The van der Waals surface area contributed by atoms with Gasteiger partial charge in [-0.15, -0.1) is 11.3 Å². The minimum Gasteiger partial charge on any atom is -0.508 e. The summed E-state index contributed by atoms with van der Waals surface area (Å²) in [5.41, 5.74) is 1.92. The van der Waals surface area contributed by atoms with Crippen molar-refractivity contribution in [2.24, 2.45) is 0 Å². The van der Waals surface area contributed by atoms with E-state index < -0.39 is 0 Å². The van der Waals surface area contributed by atoms with Gasteiger partial charge in [-0.1, -0.05) is 28.1 Å². The Morgan fingerprint density at radius 1 is 1.12 bits per heavy atom. The Morgan fingerprint density at radius 3 is 2.82 bits per heavy atom. The Hall–Kier alpha value is -1.39. The summed E-state index contributed by atoms with van der Waals surface area (Å²) in [6.07, 6.45) is 0. The zero-order valence-electron chi connectivity index (χ0n) is 8.72. The van der Waals surface area contributed by atoms with Crippen molar-refractivity contribution in [3.63, 3.8) is 0 Å². The third kappa shape index (κ3) is 2.06. The van der Waals surface area contributed by atoms with Crippen LogP contribution in [0.1, 0.15) is 0 Å². The lowest BCUT2D eigenvalue weighted by molar-refractivity contribution is 0.475. The molecule has 0 bridgehead atoms. The van der Waals surface area contributed by atoms with Gasteiger partial charge in [0.15, 0.2) is 0 Å². The van der Waals surface area contributed by atoms with Crippen molar-refractivity contribution in [2.75, 3.05) is 0 Å². The van der Waals surface area contributed by atoms with Gasteiger partial charge in [-0.05, 0) is 30.3 Å². The van der Waals surface area contributed by atoms with E-state index in [0.29, 0.717) is 0 Å². The number of hydrogen-bond acceptors (Lipinski definition) is 3. The zero-order chi connectivity index (χ0) is 11.8. The molecule has 2 aromatic carbocycles. The van der Waals surface area contributed by atoms with Crippen LogP contribution >= 0.6 is 27.3 Å². The quantitative estimate of drug-likeness (QED) is 0.721. The van der Waals surface area contributed by atoms with Gasteiger partial charge < -0.3 is 5.11 Å². The van der Waals surface area contributed by atoms with Gasteiger partial charge in [0.2, 0.25) is 0 Å². The van der Waals surface area contributed by atoms with Crippen molar-refractivity contribution >= 4 is 37.5 Å². The van der Waals surface area contributed by atoms with Crippen LogP contribution in [0, 0.1) is 0 Å². The first kappa shape index (κ1) is 10.7. The molecule has 0 atom stereocenters. The number of hydrogen-bond donors (Lipinski definition) is 1. The number of aromatic nitrogens is 1. The molecule has 0 aliphatic carbocycles. The predicted octanol–water partition coefficient (Wildman–Crippen LogP) is 4.43. The van der Waals surface area contributed by atoms with Crippen LogP contribution in [0.5, 0.6) is 5.75 Å². The van der Waals surface area contributed by atoms with E-state index in [1.54, 1.807) is 23.5 Å². The lowest BCUT2D eigenvalue weighted by atomic mass is 10.2. The number of thiazole rings is 1. The molecule has 3 rings (SSSR count). The number of phenolic OH excluding ortho intramolecular Hbond substituents is 1. The van der Waals surface area contributed by atoms with Gasteiger partial charge in [0.1, 0.15) is 10.8 Å². The van der Waals surface area contributed by atoms with E-state index in [0.717, 1.165) is 25.3 Å².